The van der Waals surface area contributed by atoms with E-state index in [9.17, 15) is 9.90 Å². The van der Waals surface area contributed by atoms with Crippen molar-refractivity contribution in [3.63, 3.8) is 0 Å². The van der Waals surface area contributed by atoms with Crippen LogP contribution in [0.15, 0.2) is 22.9 Å². The summed E-state index contributed by atoms with van der Waals surface area (Å²) in [5, 5.41) is 14.8. The molecule has 1 atom stereocenters. The summed E-state index contributed by atoms with van der Waals surface area (Å²) in [5.74, 6) is 0.537. The van der Waals surface area contributed by atoms with E-state index in [1.54, 1.807) is 41.5 Å². The van der Waals surface area contributed by atoms with Crippen LogP contribution in [0, 0.1) is 0 Å². The van der Waals surface area contributed by atoms with Crippen LogP contribution in [0.25, 0.3) is 9.88 Å². The van der Waals surface area contributed by atoms with Crippen LogP contribution in [0.3, 0.4) is 0 Å². The Hall–Kier alpha value is -0.890. The molecular formula is C14H18N2O2S3. The zero-order valence-corrected chi connectivity index (χ0v) is 14.4. The fraction of sp³-hybridized carbons (Fsp3) is 0.429. The molecule has 0 aliphatic rings. The van der Waals surface area contributed by atoms with Gasteiger partial charge in [-0.2, -0.15) is 11.8 Å². The number of thiophene rings is 1. The third-order valence-electron chi connectivity index (χ3n) is 2.94. The Morgan fingerprint density at radius 2 is 2.33 bits per heavy atom. The molecule has 114 valence electrons. The van der Waals surface area contributed by atoms with E-state index in [0.717, 1.165) is 21.3 Å². The molecule has 7 heteroatoms. The van der Waals surface area contributed by atoms with E-state index in [1.807, 2.05) is 29.1 Å². The molecule has 0 bridgehead atoms. The Bertz CT molecular complexity index is 569. The second-order valence-electron chi connectivity index (χ2n) is 4.61. The van der Waals surface area contributed by atoms with Gasteiger partial charge in [0.2, 0.25) is 0 Å². The molecule has 0 saturated heterocycles. The first kappa shape index (κ1) is 16.5. The van der Waals surface area contributed by atoms with Gasteiger partial charge in [-0.15, -0.1) is 22.7 Å². The Kier molecular flexibility index (Phi) is 6.22. The van der Waals surface area contributed by atoms with Crippen molar-refractivity contribution in [1.29, 1.82) is 0 Å². The van der Waals surface area contributed by atoms with Gasteiger partial charge < -0.3 is 10.0 Å². The Labute approximate surface area is 136 Å². The molecule has 2 heterocycles. The lowest BCUT2D eigenvalue weighted by atomic mass is 10.2. The van der Waals surface area contributed by atoms with Gasteiger partial charge in [-0.1, -0.05) is 6.07 Å². The van der Waals surface area contributed by atoms with Crippen LogP contribution in [0.2, 0.25) is 0 Å². The molecule has 4 nitrogen and oxygen atoms in total. The van der Waals surface area contributed by atoms with Crippen molar-refractivity contribution >= 4 is 40.3 Å². The second kappa shape index (κ2) is 7.93. The van der Waals surface area contributed by atoms with Gasteiger partial charge in [0.05, 0.1) is 17.1 Å². The summed E-state index contributed by atoms with van der Waals surface area (Å²) in [6.45, 7) is 0.428. The Morgan fingerprint density at radius 1 is 1.52 bits per heavy atom. The minimum Gasteiger partial charge on any atom is -0.383 e. The first-order chi connectivity index (χ1) is 10.1. The molecule has 2 aromatic heterocycles. The van der Waals surface area contributed by atoms with Crippen LogP contribution in [0.5, 0.6) is 0 Å². The number of hydrogen-bond acceptors (Lipinski definition) is 6. The van der Waals surface area contributed by atoms with Crippen molar-refractivity contribution in [2.45, 2.75) is 19.1 Å². The number of likely N-dealkylation sites (N-methyl/N-ethyl adjacent to an activating group) is 1. The third kappa shape index (κ3) is 4.54. The number of thiazole rings is 1. The molecule has 0 fully saturated rings. The van der Waals surface area contributed by atoms with E-state index in [0.29, 0.717) is 13.0 Å². The maximum absolute atomic E-state index is 12.0. The summed E-state index contributed by atoms with van der Waals surface area (Å²) in [6.07, 6.45) is 1.53. The van der Waals surface area contributed by atoms with E-state index in [2.05, 4.69) is 4.98 Å². The van der Waals surface area contributed by atoms with Gasteiger partial charge in [0, 0.05) is 12.4 Å². The number of rotatable bonds is 7. The number of thioether (sulfide) groups is 1. The van der Waals surface area contributed by atoms with Crippen molar-refractivity contribution in [3.8, 4) is 9.88 Å². The monoisotopic (exact) mass is 342 g/mol. The summed E-state index contributed by atoms with van der Waals surface area (Å²) >= 11 is 4.86. The molecule has 0 radical (unpaired) electrons. The standard InChI is InChI=1S/C14H18N2O2S3/c1-16(14(18)11(17)5-7-19-2)8-10-9-21-13(15-10)12-4-3-6-20-12/h3-4,6,9,11,17H,5,7-8H2,1-2H3/t11-/m1/s1. The third-order valence-corrected chi connectivity index (χ3v) is 5.51. The lowest BCUT2D eigenvalue weighted by Crippen LogP contribution is -2.36. The molecule has 1 N–H and O–H groups in total. The minimum absolute atomic E-state index is 0.241. The molecule has 1 amide bonds. The Morgan fingerprint density at radius 3 is 3.00 bits per heavy atom. The maximum Gasteiger partial charge on any atom is 0.251 e. The normalized spacial score (nSPS) is 12.3. The average Bonchev–Trinajstić information content (AvgIpc) is 3.14. The zero-order chi connectivity index (χ0) is 15.2. The number of aliphatic hydroxyl groups is 1. The predicted molar refractivity (Wildman–Crippen MR) is 90.9 cm³/mol. The number of carbonyl (C=O) groups is 1. The highest BCUT2D eigenvalue weighted by Crippen LogP contribution is 2.28. The largest absolute Gasteiger partial charge is 0.383 e. The molecule has 0 aliphatic carbocycles. The van der Waals surface area contributed by atoms with Crippen LogP contribution < -0.4 is 0 Å². The van der Waals surface area contributed by atoms with E-state index in [4.69, 9.17) is 0 Å². The van der Waals surface area contributed by atoms with Crippen molar-refractivity contribution in [3.05, 3.63) is 28.6 Å². The zero-order valence-electron chi connectivity index (χ0n) is 12.0. The fourth-order valence-corrected chi connectivity index (χ4v) is 3.91. The molecule has 0 aliphatic heterocycles. The summed E-state index contributed by atoms with van der Waals surface area (Å²) in [4.78, 5) is 19.3. The molecule has 2 aromatic rings. The average molecular weight is 343 g/mol. The van der Waals surface area contributed by atoms with Crippen LogP contribution in [0.1, 0.15) is 12.1 Å². The van der Waals surface area contributed by atoms with Gasteiger partial charge in [-0.25, -0.2) is 4.98 Å². The molecular weight excluding hydrogens is 324 g/mol. The van der Waals surface area contributed by atoms with Crippen molar-refractivity contribution < 1.29 is 9.90 Å². The summed E-state index contributed by atoms with van der Waals surface area (Å²) < 4.78 is 0. The minimum atomic E-state index is -0.919. The fourth-order valence-electron chi connectivity index (χ4n) is 1.82. The quantitative estimate of drug-likeness (QED) is 0.840. The van der Waals surface area contributed by atoms with Crippen LogP contribution in [-0.2, 0) is 11.3 Å². The molecule has 2 rings (SSSR count). The second-order valence-corrected chi connectivity index (χ2v) is 7.40. The van der Waals surface area contributed by atoms with Crippen molar-refractivity contribution in [1.82, 2.24) is 9.88 Å². The molecule has 0 unspecified atom stereocenters. The summed E-state index contributed by atoms with van der Waals surface area (Å²) in [5.41, 5.74) is 0.858. The first-order valence-corrected chi connectivity index (χ1v) is 9.67. The summed E-state index contributed by atoms with van der Waals surface area (Å²) in [7, 11) is 1.70. The Balaban J connectivity index is 1.93. The van der Waals surface area contributed by atoms with Gasteiger partial charge in [0.15, 0.2) is 0 Å². The van der Waals surface area contributed by atoms with Crippen molar-refractivity contribution in [2.75, 3.05) is 19.1 Å². The predicted octanol–water partition coefficient (Wildman–Crippen LogP) is 2.94. The number of hydrogen-bond donors (Lipinski definition) is 1. The number of aromatic nitrogens is 1. The van der Waals surface area contributed by atoms with E-state index >= 15 is 0 Å². The molecule has 0 spiro atoms. The molecule has 0 saturated carbocycles. The first-order valence-electron chi connectivity index (χ1n) is 6.52. The highest BCUT2D eigenvalue weighted by Gasteiger charge is 2.19. The van der Waals surface area contributed by atoms with E-state index < -0.39 is 6.10 Å². The highest BCUT2D eigenvalue weighted by atomic mass is 32.2. The number of aliphatic hydroxyl groups excluding tert-OH is 1. The number of carbonyl (C=O) groups excluding carboxylic acids is 1. The number of nitrogens with zero attached hydrogens (tertiary/aromatic N) is 2. The van der Waals surface area contributed by atoms with Crippen molar-refractivity contribution in [2.24, 2.45) is 0 Å². The van der Waals surface area contributed by atoms with E-state index in [-0.39, 0.29) is 5.91 Å². The smallest absolute Gasteiger partial charge is 0.251 e. The van der Waals surface area contributed by atoms with Crippen LogP contribution >= 0.6 is 34.4 Å². The topological polar surface area (TPSA) is 53.4 Å². The van der Waals surface area contributed by atoms with Gasteiger partial charge in [-0.3, -0.25) is 4.79 Å². The maximum atomic E-state index is 12.0. The highest BCUT2D eigenvalue weighted by molar-refractivity contribution is 7.98. The SMILES string of the molecule is CSCC[C@@H](O)C(=O)N(C)Cc1csc(-c2cccs2)n1. The molecule has 21 heavy (non-hydrogen) atoms. The number of amides is 1. The van der Waals surface area contributed by atoms with Gasteiger partial charge in [0.1, 0.15) is 11.1 Å². The van der Waals surface area contributed by atoms with Gasteiger partial charge in [0.25, 0.3) is 5.91 Å². The van der Waals surface area contributed by atoms with E-state index in [1.165, 1.54) is 4.90 Å². The summed E-state index contributed by atoms with van der Waals surface area (Å²) in [6, 6.07) is 4.03. The molecule has 0 aromatic carbocycles. The van der Waals surface area contributed by atoms with Crippen LogP contribution in [0.4, 0.5) is 0 Å². The van der Waals surface area contributed by atoms with Gasteiger partial charge >= 0.3 is 0 Å². The van der Waals surface area contributed by atoms with Gasteiger partial charge in [-0.05, 0) is 29.9 Å². The lowest BCUT2D eigenvalue weighted by molar-refractivity contribution is -0.139. The lowest BCUT2D eigenvalue weighted by Gasteiger charge is -2.19. The van der Waals surface area contributed by atoms with Crippen LogP contribution in [-0.4, -0.2) is 46.1 Å².